The number of hydrogen-bond donors (Lipinski definition) is 0. The van der Waals surface area contributed by atoms with E-state index >= 15 is 0 Å². The van der Waals surface area contributed by atoms with Crippen molar-refractivity contribution in [2.75, 3.05) is 0 Å². The van der Waals surface area contributed by atoms with Gasteiger partial charge in [-0.2, -0.15) is 0 Å². The van der Waals surface area contributed by atoms with Gasteiger partial charge in [-0.25, -0.2) is 0 Å². The Hall–Kier alpha value is -1.63. The van der Waals surface area contributed by atoms with Crippen molar-refractivity contribution in [3.63, 3.8) is 0 Å². The van der Waals surface area contributed by atoms with Crippen molar-refractivity contribution in [2.24, 2.45) is 0 Å². The second-order valence-corrected chi connectivity index (χ2v) is 4.36. The van der Waals surface area contributed by atoms with Gasteiger partial charge < -0.3 is 0 Å². The summed E-state index contributed by atoms with van der Waals surface area (Å²) in [4.78, 5) is 4.79. The number of aryl methyl sites for hydroxylation is 1. The zero-order valence-electron chi connectivity index (χ0n) is 9.37. The summed E-state index contributed by atoms with van der Waals surface area (Å²) in [6, 6.07) is 0. The molecule has 1 nitrogen and oxygen atoms in total. The van der Waals surface area contributed by atoms with Crippen LogP contribution in [0.15, 0.2) is 24.8 Å². The van der Waals surface area contributed by atoms with Gasteiger partial charge >= 0.3 is 0 Å². The van der Waals surface area contributed by atoms with E-state index in [1.807, 2.05) is 6.08 Å². The highest BCUT2D eigenvalue weighted by molar-refractivity contribution is 5.66. The monoisotopic (exact) mass is 209 g/mol. The van der Waals surface area contributed by atoms with Crippen LogP contribution in [0.2, 0.25) is 0 Å². The molecule has 2 aliphatic rings. The topological polar surface area (TPSA) is 12.9 Å². The van der Waals surface area contributed by atoms with E-state index in [-0.39, 0.29) is 0 Å². The molecule has 0 bridgehead atoms. The van der Waals surface area contributed by atoms with Gasteiger partial charge in [-0.15, -0.1) is 0 Å². The fraction of sp³-hybridized carbons (Fsp3) is 0.267. The molecule has 0 aromatic carbocycles. The van der Waals surface area contributed by atoms with Crippen LogP contribution in [0.4, 0.5) is 0 Å². The first-order valence-electron chi connectivity index (χ1n) is 5.90. The molecule has 2 aliphatic carbocycles. The van der Waals surface area contributed by atoms with Crippen LogP contribution in [0.25, 0.3) is 12.2 Å². The maximum absolute atomic E-state index is 4.79. The highest BCUT2D eigenvalue weighted by Crippen LogP contribution is 2.30. The Morgan fingerprint density at radius 2 is 2.12 bits per heavy atom. The molecule has 80 valence electrons. The van der Waals surface area contributed by atoms with Gasteiger partial charge in [-0.1, -0.05) is 30.9 Å². The summed E-state index contributed by atoms with van der Waals surface area (Å²) < 4.78 is 0. The number of nitrogens with zero attached hydrogens (tertiary/aromatic N) is 1. The van der Waals surface area contributed by atoms with Crippen molar-refractivity contribution in [1.29, 1.82) is 0 Å². The number of fused-ring (bicyclic) bond motifs is 2. The quantitative estimate of drug-likeness (QED) is 0.691. The minimum Gasteiger partial charge on any atom is -0.253 e. The van der Waals surface area contributed by atoms with Crippen LogP contribution in [0.5, 0.6) is 0 Å². The van der Waals surface area contributed by atoms with Crippen molar-refractivity contribution in [3.8, 4) is 0 Å². The minimum atomic E-state index is 0.976. The average molecular weight is 209 g/mol. The third-order valence-corrected chi connectivity index (χ3v) is 3.43. The van der Waals surface area contributed by atoms with Crippen molar-refractivity contribution >= 4 is 12.2 Å². The molecule has 0 radical (unpaired) electrons. The normalized spacial score (nSPS) is 16.8. The molecule has 0 saturated heterocycles. The van der Waals surface area contributed by atoms with Crippen LogP contribution < -0.4 is 0 Å². The molecular weight excluding hydrogens is 194 g/mol. The van der Waals surface area contributed by atoms with Crippen molar-refractivity contribution in [3.05, 3.63) is 52.9 Å². The maximum Gasteiger partial charge on any atom is 0.0674 e. The Bertz CT molecular complexity index is 507. The summed E-state index contributed by atoms with van der Waals surface area (Å²) >= 11 is 0. The number of hydrogen-bond acceptors (Lipinski definition) is 1. The molecule has 0 atom stereocenters. The van der Waals surface area contributed by atoms with Crippen LogP contribution in [-0.2, 0) is 19.3 Å². The van der Waals surface area contributed by atoms with Crippen LogP contribution >= 0.6 is 0 Å². The van der Waals surface area contributed by atoms with Crippen molar-refractivity contribution in [2.45, 2.75) is 25.7 Å². The first-order valence-corrected chi connectivity index (χ1v) is 5.90. The minimum absolute atomic E-state index is 0.976. The van der Waals surface area contributed by atoms with Gasteiger partial charge in [-0.05, 0) is 48.4 Å². The molecular formula is C15H15N. The van der Waals surface area contributed by atoms with Crippen LogP contribution in [0.1, 0.15) is 34.5 Å². The van der Waals surface area contributed by atoms with Gasteiger partial charge in [0.1, 0.15) is 0 Å². The summed E-state index contributed by atoms with van der Waals surface area (Å²) in [7, 11) is 0. The predicted molar refractivity (Wildman–Crippen MR) is 68.2 cm³/mol. The Morgan fingerprint density at radius 1 is 1.19 bits per heavy atom. The molecule has 1 heteroatoms. The first-order chi connectivity index (χ1) is 7.90. The van der Waals surface area contributed by atoms with Gasteiger partial charge in [0.2, 0.25) is 0 Å². The predicted octanol–water partition coefficient (Wildman–Crippen LogP) is 3.34. The zero-order chi connectivity index (χ0) is 11.0. The number of allylic oxidation sites excluding steroid dienone is 3. The lowest BCUT2D eigenvalue weighted by Gasteiger charge is -2.12. The van der Waals surface area contributed by atoms with Gasteiger partial charge in [0.25, 0.3) is 0 Å². The second kappa shape index (κ2) is 3.75. The summed E-state index contributed by atoms with van der Waals surface area (Å²) in [6.45, 7) is 3.97. The molecule has 16 heavy (non-hydrogen) atoms. The van der Waals surface area contributed by atoms with Gasteiger partial charge in [0.15, 0.2) is 0 Å². The number of aromatic nitrogens is 1. The van der Waals surface area contributed by atoms with E-state index in [9.17, 15) is 0 Å². The average Bonchev–Trinajstić information content (AvgIpc) is 2.63. The SMILES string of the molecule is C=Cc1c2c(nc3c1CCC3)C=CC=CC2. The molecule has 1 aromatic rings. The Labute approximate surface area is 96.2 Å². The molecule has 0 spiro atoms. The fourth-order valence-electron chi connectivity index (χ4n) is 2.68. The van der Waals surface area contributed by atoms with Crippen LogP contribution in [0.3, 0.4) is 0 Å². The standard InChI is InChI=1S/C15H15N/c1-2-11-12-7-4-3-5-9-14(12)16-15-10-6-8-13(11)15/h2-5,9H,1,6-8,10H2. The Morgan fingerprint density at radius 3 is 3.00 bits per heavy atom. The summed E-state index contributed by atoms with van der Waals surface area (Å²) in [5.74, 6) is 0. The van der Waals surface area contributed by atoms with E-state index in [1.54, 1.807) is 0 Å². The molecule has 0 fully saturated rings. The third-order valence-electron chi connectivity index (χ3n) is 3.43. The van der Waals surface area contributed by atoms with E-state index in [2.05, 4.69) is 30.9 Å². The fourth-order valence-corrected chi connectivity index (χ4v) is 2.68. The molecule has 0 N–H and O–H groups in total. The lowest BCUT2D eigenvalue weighted by molar-refractivity contribution is 0.898. The van der Waals surface area contributed by atoms with Gasteiger partial charge in [0, 0.05) is 5.69 Å². The molecule has 0 amide bonds. The lowest BCUT2D eigenvalue weighted by Crippen LogP contribution is -2.02. The molecule has 0 saturated carbocycles. The van der Waals surface area contributed by atoms with E-state index in [0.29, 0.717) is 0 Å². The summed E-state index contributed by atoms with van der Waals surface area (Å²) in [5.41, 5.74) is 6.56. The van der Waals surface area contributed by atoms with E-state index in [4.69, 9.17) is 4.98 Å². The van der Waals surface area contributed by atoms with Crippen LogP contribution in [-0.4, -0.2) is 4.98 Å². The largest absolute Gasteiger partial charge is 0.253 e. The smallest absolute Gasteiger partial charge is 0.0674 e. The third kappa shape index (κ3) is 1.35. The number of rotatable bonds is 1. The van der Waals surface area contributed by atoms with Gasteiger partial charge in [-0.3, -0.25) is 4.98 Å². The summed E-state index contributed by atoms with van der Waals surface area (Å²) in [6.07, 6.45) is 15.0. The molecule has 0 aliphatic heterocycles. The lowest BCUT2D eigenvalue weighted by atomic mass is 9.97. The van der Waals surface area contributed by atoms with Crippen LogP contribution in [0, 0.1) is 0 Å². The maximum atomic E-state index is 4.79. The Kier molecular flexibility index (Phi) is 2.24. The highest BCUT2D eigenvalue weighted by Gasteiger charge is 2.20. The van der Waals surface area contributed by atoms with Gasteiger partial charge in [0.05, 0.1) is 5.69 Å². The second-order valence-electron chi connectivity index (χ2n) is 4.36. The van der Waals surface area contributed by atoms with E-state index in [0.717, 1.165) is 18.5 Å². The van der Waals surface area contributed by atoms with Crippen molar-refractivity contribution < 1.29 is 0 Å². The molecule has 1 aromatic heterocycles. The first kappa shape index (κ1) is 9.59. The molecule has 0 unspecified atom stereocenters. The van der Waals surface area contributed by atoms with E-state index in [1.165, 1.54) is 35.2 Å². The summed E-state index contributed by atoms with van der Waals surface area (Å²) in [5, 5.41) is 0. The Balaban J connectivity index is 2.28. The molecule has 1 heterocycles. The highest BCUT2D eigenvalue weighted by atomic mass is 14.7. The van der Waals surface area contributed by atoms with Crippen molar-refractivity contribution in [1.82, 2.24) is 4.98 Å². The zero-order valence-corrected chi connectivity index (χ0v) is 9.37. The van der Waals surface area contributed by atoms with E-state index < -0.39 is 0 Å². The number of pyridine rings is 1. The molecule has 3 rings (SSSR count).